The molecular weight excluding hydrogens is 779 g/mol. The van der Waals surface area contributed by atoms with Crippen molar-refractivity contribution in [1.29, 1.82) is 0 Å². The number of carbonyl (C=O) groups is 2. The average Bonchev–Trinajstić information content (AvgIpc) is 3.28. The molecule has 372 valence electrons. The van der Waals surface area contributed by atoms with Gasteiger partial charge in [-0.2, -0.15) is 0 Å². The van der Waals surface area contributed by atoms with Crippen molar-refractivity contribution in [2.45, 2.75) is 315 Å². The molecule has 6 heteroatoms. The number of aliphatic hydroxyl groups is 2. The fourth-order valence-electron chi connectivity index (χ4n) is 8.69. The van der Waals surface area contributed by atoms with E-state index in [-0.39, 0.29) is 18.5 Å². The molecule has 2 unspecified atom stereocenters. The lowest BCUT2D eigenvalue weighted by atomic mass is 10.0. The van der Waals surface area contributed by atoms with Crippen LogP contribution in [0.3, 0.4) is 0 Å². The van der Waals surface area contributed by atoms with Gasteiger partial charge >= 0.3 is 5.97 Å². The Morgan fingerprint density at radius 1 is 0.444 bits per heavy atom. The highest BCUT2D eigenvalue weighted by molar-refractivity contribution is 5.76. The fourth-order valence-corrected chi connectivity index (χ4v) is 8.69. The van der Waals surface area contributed by atoms with E-state index < -0.39 is 12.1 Å². The monoisotopic (exact) mass is 888 g/mol. The van der Waals surface area contributed by atoms with Gasteiger partial charge in [0.05, 0.1) is 25.4 Å². The van der Waals surface area contributed by atoms with Crippen LogP contribution in [-0.4, -0.2) is 47.4 Å². The third-order valence-electron chi connectivity index (χ3n) is 13.0. The molecule has 0 aromatic heterocycles. The van der Waals surface area contributed by atoms with E-state index in [9.17, 15) is 19.8 Å². The number of allylic oxidation sites excluding steroid dienone is 4. The number of esters is 1. The minimum atomic E-state index is -0.670. The number of rotatable bonds is 52. The van der Waals surface area contributed by atoms with Crippen LogP contribution < -0.4 is 5.32 Å². The molecule has 0 aliphatic carbocycles. The molecule has 6 nitrogen and oxygen atoms in total. The summed E-state index contributed by atoms with van der Waals surface area (Å²) in [6.07, 6.45) is 63.0. The second kappa shape index (κ2) is 53.0. The minimum Gasteiger partial charge on any atom is -0.466 e. The summed E-state index contributed by atoms with van der Waals surface area (Å²) in [6.45, 7) is 4.92. The highest BCUT2D eigenvalue weighted by Gasteiger charge is 2.20. The van der Waals surface area contributed by atoms with E-state index in [4.69, 9.17) is 4.74 Å². The van der Waals surface area contributed by atoms with Crippen LogP contribution in [0, 0.1) is 0 Å². The second-order valence-electron chi connectivity index (χ2n) is 19.3. The molecule has 0 fully saturated rings. The molecule has 0 saturated heterocycles. The predicted octanol–water partition coefficient (Wildman–Crippen LogP) is 17.1. The lowest BCUT2D eigenvalue weighted by Gasteiger charge is -2.22. The van der Waals surface area contributed by atoms with Crippen molar-refractivity contribution in [2.24, 2.45) is 0 Å². The van der Waals surface area contributed by atoms with Gasteiger partial charge in [0.1, 0.15) is 0 Å². The molecule has 2 atom stereocenters. The molecule has 0 heterocycles. The Kier molecular flexibility index (Phi) is 51.6. The quantitative estimate of drug-likeness (QED) is 0.0321. The summed E-state index contributed by atoms with van der Waals surface area (Å²) in [4.78, 5) is 24.5. The number of unbranched alkanes of at least 4 members (excludes halogenated alkanes) is 38. The number of hydrogen-bond acceptors (Lipinski definition) is 5. The zero-order valence-corrected chi connectivity index (χ0v) is 42.3. The molecule has 0 aliphatic heterocycles. The zero-order valence-electron chi connectivity index (χ0n) is 42.3. The Labute approximate surface area is 392 Å². The summed E-state index contributed by atoms with van der Waals surface area (Å²) in [5.41, 5.74) is 0. The van der Waals surface area contributed by atoms with Crippen molar-refractivity contribution in [2.75, 3.05) is 13.2 Å². The van der Waals surface area contributed by atoms with Crippen LogP contribution in [0.25, 0.3) is 0 Å². The first-order valence-corrected chi connectivity index (χ1v) is 28.1. The molecule has 0 aromatic rings. The van der Waals surface area contributed by atoms with E-state index in [0.717, 1.165) is 70.6 Å². The molecular formula is C57H109NO5. The summed E-state index contributed by atoms with van der Waals surface area (Å²) >= 11 is 0. The first-order chi connectivity index (χ1) is 31.0. The molecule has 0 aromatic carbocycles. The van der Waals surface area contributed by atoms with Crippen LogP contribution in [0.4, 0.5) is 0 Å². The van der Waals surface area contributed by atoms with Crippen molar-refractivity contribution in [3.63, 3.8) is 0 Å². The molecule has 0 bridgehead atoms. The number of ether oxygens (including phenoxy) is 1. The topological polar surface area (TPSA) is 95.9 Å². The molecule has 63 heavy (non-hydrogen) atoms. The molecule has 0 spiro atoms. The fraction of sp³-hybridized carbons (Fsp3) is 0.895. The summed E-state index contributed by atoms with van der Waals surface area (Å²) in [5.74, 6) is -0.0557. The van der Waals surface area contributed by atoms with Crippen molar-refractivity contribution in [1.82, 2.24) is 5.32 Å². The minimum absolute atomic E-state index is 0.0117. The molecule has 0 rings (SSSR count). The summed E-state index contributed by atoms with van der Waals surface area (Å²) < 4.78 is 5.45. The van der Waals surface area contributed by atoms with Gasteiger partial charge in [-0.15, -0.1) is 0 Å². The van der Waals surface area contributed by atoms with Crippen molar-refractivity contribution >= 4 is 11.9 Å². The lowest BCUT2D eigenvalue weighted by molar-refractivity contribution is -0.143. The van der Waals surface area contributed by atoms with Gasteiger partial charge in [0.2, 0.25) is 5.91 Å². The van der Waals surface area contributed by atoms with Crippen LogP contribution in [0.15, 0.2) is 24.3 Å². The van der Waals surface area contributed by atoms with E-state index in [1.165, 1.54) is 199 Å². The summed E-state index contributed by atoms with van der Waals surface area (Å²) in [6, 6.07) is -0.548. The van der Waals surface area contributed by atoms with Crippen LogP contribution in [0.5, 0.6) is 0 Å². The molecule has 1 amide bonds. The lowest BCUT2D eigenvalue weighted by Crippen LogP contribution is -2.45. The van der Waals surface area contributed by atoms with Crippen molar-refractivity contribution < 1.29 is 24.5 Å². The second-order valence-corrected chi connectivity index (χ2v) is 19.3. The Balaban J connectivity index is 3.47. The van der Waals surface area contributed by atoms with E-state index in [1.54, 1.807) is 0 Å². The summed E-state index contributed by atoms with van der Waals surface area (Å²) in [7, 11) is 0. The molecule has 0 aliphatic rings. The maximum atomic E-state index is 12.5. The van der Waals surface area contributed by atoms with Gasteiger partial charge in [-0.1, -0.05) is 256 Å². The van der Waals surface area contributed by atoms with Gasteiger partial charge in [-0.3, -0.25) is 9.59 Å². The number of aliphatic hydroxyl groups excluding tert-OH is 2. The average molecular weight is 889 g/mol. The molecule has 3 N–H and O–H groups in total. The van der Waals surface area contributed by atoms with Gasteiger partial charge in [-0.25, -0.2) is 0 Å². The van der Waals surface area contributed by atoms with Crippen LogP contribution in [0.2, 0.25) is 0 Å². The number of carbonyl (C=O) groups excluding carboxylic acids is 2. The normalized spacial score (nSPS) is 12.8. The predicted molar refractivity (Wildman–Crippen MR) is 273 cm³/mol. The Morgan fingerprint density at radius 3 is 1.17 bits per heavy atom. The van der Waals surface area contributed by atoms with Gasteiger partial charge in [0.25, 0.3) is 0 Å². The van der Waals surface area contributed by atoms with E-state index >= 15 is 0 Å². The zero-order chi connectivity index (χ0) is 45.8. The molecule has 0 radical (unpaired) electrons. The maximum absolute atomic E-state index is 12.5. The molecule has 0 saturated carbocycles. The number of hydrogen-bond donors (Lipinski definition) is 3. The van der Waals surface area contributed by atoms with Gasteiger partial charge in [0.15, 0.2) is 0 Å². The van der Waals surface area contributed by atoms with Crippen LogP contribution in [-0.2, 0) is 14.3 Å². The van der Waals surface area contributed by atoms with Gasteiger partial charge in [0, 0.05) is 12.8 Å². The third-order valence-corrected chi connectivity index (χ3v) is 13.0. The van der Waals surface area contributed by atoms with Gasteiger partial charge in [-0.05, 0) is 57.8 Å². The van der Waals surface area contributed by atoms with Gasteiger partial charge < -0.3 is 20.3 Å². The Bertz CT molecular complexity index is 982. The SMILES string of the molecule is CCCCCCCCCCCCCCCCC(O)C(CO)NC(=O)CCCCCCCCCCCC/C=C\C=C/CCCCCOC(=O)CCCCCCCCCCCCCCC. The third kappa shape index (κ3) is 49.6. The largest absolute Gasteiger partial charge is 0.466 e. The summed E-state index contributed by atoms with van der Waals surface area (Å²) in [5, 5.41) is 23.2. The smallest absolute Gasteiger partial charge is 0.305 e. The van der Waals surface area contributed by atoms with E-state index in [0.29, 0.717) is 25.9 Å². The first-order valence-electron chi connectivity index (χ1n) is 28.1. The van der Waals surface area contributed by atoms with E-state index in [2.05, 4.69) is 43.5 Å². The first kappa shape index (κ1) is 61.3. The Hall–Kier alpha value is -1.66. The highest BCUT2D eigenvalue weighted by Crippen LogP contribution is 2.17. The van der Waals surface area contributed by atoms with Crippen molar-refractivity contribution in [3.8, 4) is 0 Å². The van der Waals surface area contributed by atoms with E-state index in [1.807, 2.05) is 0 Å². The van der Waals surface area contributed by atoms with Crippen LogP contribution >= 0.6 is 0 Å². The number of nitrogens with one attached hydrogen (secondary N) is 1. The Morgan fingerprint density at radius 2 is 0.778 bits per heavy atom. The van der Waals surface area contributed by atoms with Crippen molar-refractivity contribution in [3.05, 3.63) is 24.3 Å². The standard InChI is InChI=1S/C57H109NO5/c1-3-5-7-9-11-13-15-17-26-29-33-37-41-45-49-55(60)54(53-59)58-56(61)50-46-42-38-34-30-27-23-21-19-18-20-22-24-28-32-36-40-44-48-52-63-57(62)51-47-43-39-35-31-25-16-14-12-10-8-6-4-2/h22,24,28,32,54-55,59-60H,3-21,23,25-27,29-31,33-53H2,1-2H3,(H,58,61)/b24-22-,32-28-. The van der Waals surface area contributed by atoms with Crippen LogP contribution in [0.1, 0.15) is 303 Å². The maximum Gasteiger partial charge on any atom is 0.305 e. The number of amides is 1. The highest BCUT2D eigenvalue weighted by atomic mass is 16.5.